The Morgan fingerprint density at radius 1 is 1.25 bits per heavy atom. The summed E-state index contributed by atoms with van der Waals surface area (Å²) in [6.07, 6.45) is 1.06. The van der Waals surface area contributed by atoms with E-state index < -0.39 is 6.10 Å². The van der Waals surface area contributed by atoms with Crippen LogP contribution in [0.2, 0.25) is 0 Å². The lowest BCUT2D eigenvalue weighted by Gasteiger charge is -2.31. The van der Waals surface area contributed by atoms with Gasteiger partial charge in [-0.25, -0.2) is 4.98 Å². The molecular formula is C16H16N2O2. The predicted octanol–water partition coefficient (Wildman–Crippen LogP) is 2.79. The molecule has 1 aliphatic heterocycles. The first-order valence-electron chi connectivity index (χ1n) is 6.54. The molecule has 20 heavy (non-hydrogen) atoms. The van der Waals surface area contributed by atoms with Crippen LogP contribution < -0.4 is 9.64 Å². The summed E-state index contributed by atoms with van der Waals surface area (Å²) in [4.78, 5) is 18.3. The van der Waals surface area contributed by atoms with Gasteiger partial charge in [-0.15, -0.1) is 0 Å². The highest BCUT2D eigenvalue weighted by atomic mass is 16.5. The predicted molar refractivity (Wildman–Crippen MR) is 76.9 cm³/mol. The number of ether oxygens (including phenoxy) is 1. The summed E-state index contributed by atoms with van der Waals surface area (Å²) >= 11 is 0. The zero-order valence-electron chi connectivity index (χ0n) is 11.8. The number of carbonyl (C=O) groups is 1. The second kappa shape index (κ2) is 4.63. The quantitative estimate of drug-likeness (QED) is 0.798. The molecule has 0 aliphatic carbocycles. The van der Waals surface area contributed by atoms with E-state index in [1.54, 1.807) is 18.1 Å². The van der Waals surface area contributed by atoms with E-state index in [1.165, 1.54) is 0 Å². The second-order valence-corrected chi connectivity index (χ2v) is 5.08. The van der Waals surface area contributed by atoms with Crippen LogP contribution in [0.4, 0.5) is 5.82 Å². The topological polar surface area (TPSA) is 42.4 Å². The molecule has 0 saturated carbocycles. The van der Waals surface area contributed by atoms with E-state index in [0.29, 0.717) is 11.6 Å². The van der Waals surface area contributed by atoms with Gasteiger partial charge in [0.2, 0.25) is 6.10 Å². The Labute approximate surface area is 118 Å². The summed E-state index contributed by atoms with van der Waals surface area (Å²) in [5, 5.41) is 0. The number of fused-ring (bicyclic) bond motifs is 1. The molecule has 0 radical (unpaired) electrons. The van der Waals surface area contributed by atoms with Gasteiger partial charge in [-0.1, -0.05) is 23.8 Å². The smallest absolute Gasteiger partial charge is 0.273 e. The van der Waals surface area contributed by atoms with Gasteiger partial charge in [-0.3, -0.25) is 9.69 Å². The van der Waals surface area contributed by atoms with E-state index in [4.69, 9.17) is 4.74 Å². The highest BCUT2D eigenvalue weighted by molar-refractivity contribution is 5.99. The van der Waals surface area contributed by atoms with Crippen molar-refractivity contribution in [3.8, 4) is 5.75 Å². The van der Waals surface area contributed by atoms with E-state index in [-0.39, 0.29) is 5.91 Å². The van der Waals surface area contributed by atoms with Gasteiger partial charge >= 0.3 is 0 Å². The van der Waals surface area contributed by atoms with Crippen molar-refractivity contribution in [2.75, 3.05) is 11.9 Å². The molecule has 0 spiro atoms. The minimum absolute atomic E-state index is 0.0927. The lowest BCUT2D eigenvalue weighted by Crippen LogP contribution is -2.39. The van der Waals surface area contributed by atoms with Crippen molar-refractivity contribution in [2.24, 2.45) is 0 Å². The number of anilines is 1. The number of carbonyl (C=O) groups excluding carboxylic acids is 1. The van der Waals surface area contributed by atoms with E-state index in [1.807, 2.05) is 44.2 Å². The Balaban J connectivity index is 2.08. The number of rotatable bonds is 1. The van der Waals surface area contributed by atoms with E-state index >= 15 is 0 Å². The Morgan fingerprint density at radius 2 is 2.05 bits per heavy atom. The first-order valence-corrected chi connectivity index (χ1v) is 6.54. The van der Waals surface area contributed by atoms with Crippen LogP contribution in [0, 0.1) is 13.8 Å². The van der Waals surface area contributed by atoms with Crippen LogP contribution in [-0.4, -0.2) is 17.9 Å². The monoisotopic (exact) mass is 268 g/mol. The average Bonchev–Trinajstić information content (AvgIpc) is 2.46. The number of hydrogen-bond donors (Lipinski definition) is 0. The first kappa shape index (κ1) is 12.7. The number of aromatic nitrogens is 1. The van der Waals surface area contributed by atoms with E-state index in [9.17, 15) is 4.79 Å². The normalized spacial score (nSPS) is 17.6. The zero-order valence-corrected chi connectivity index (χ0v) is 11.8. The molecule has 0 N–H and O–H groups in total. The molecule has 1 amide bonds. The molecule has 102 valence electrons. The van der Waals surface area contributed by atoms with Gasteiger partial charge in [0.05, 0.1) is 0 Å². The molecule has 3 rings (SSSR count). The molecule has 1 atom stereocenters. The first-order chi connectivity index (χ1) is 9.58. The molecular weight excluding hydrogens is 252 g/mol. The Kier molecular flexibility index (Phi) is 2.93. The fraction of sp³-hybridized carbons (Fsp3) is 0.250. The fourth-order valence-corrected chi connectivity index (χ4v) is 2.42. The highest BCUT2D eigenvalue weighted by Crippen LogP contribution is 2.37. The molecule has 0 bridgehead atoms. The summed E-state index contributed by atoms with van der Waals surface area (Å²) < 4.78 is 5.88. The number of benzene rings is 1. The Bertz CT molecular complexity index is 682. The zero-order chi connectivity index (χ0) is 14.3. The molecule has 4 nitrogen and oxygen atoms in total. The third-order valence-corrected chi connectivity index (χ3v) is 3.59. The highest BCUT2D eigenvalue weighted by Gasteiger charge is 2.34. The molecule has 0 fully saturated rings. The summed E-state index contributed by atoms with van der Waals surface area (Å²) in [6, 6.07) is 9.70. The lowest BCUT2D eigenvalue weighted by atomic mass is 9.99. The van der Waals surface area contributed by atoms with Crippen LogP contribution in [-0.2, 0) is 4.79 Å². The maximum Gasteiger partial charge on any atom is 0.273 e. The molecule has 4 heteroatoms. The van der Waals surface area contributed by atoms with Crippen LogP contribution in [0.25, 0.3) is 0 Å². The van der Waals surface area contributed by atoms with Crippen molar-refractivity contribution in [3.63, 3.8) is 0 Å². The average molecular weight is 268 g/mol. The molecule has 1 aromatic carbocycles. The van der Waals surface area contributed by atoms with Gasteiger partial charge < -0.3 is 4.74 Å². The minimum Gasteiger partial charge on any atom is -0.472 e. The number of hydrogen-bond acceptors (Lipinski definition) is 3. The largest absolute Gasteiger partial charge is 0.472 e. The van der Waals surface area contributed by atoms with Gasteiger partial charge in [-0.05, 0) is 31.5 Å². The number of aryl methyl sites for hydroxylation is 2. The van der Waals surface area contributed by atoms with Gasteiger partial charge in [0, 0.05) is 18.8 Å². The van der Waals surface area contributed by atoms with Crippen molar-refractivity contribution in [1.82, 2.24) is 4.98 Å². The fourth-order valence-electron chi connectivity index (χ4n) is 2.42. The van der Waals surface area contributed by atoms with Crippen molar-refractivity contribution >= 4 is 11.7 Å². The van der Waals surface area contributed by atoms with Gasteiger partial charge in [0.15, 0.2) is 11.6 Å². The maximum atomic E-state index is 12.5. The Hall–Kier alpha value is -2.36. The standard InChI is InChI=1S/C16H16N2O2/c1-10-6-7-11(2)12(9-10)14-16(19)18(3)15-13(20-14)5-4-8-17-15/h4-9,14H,1-3H3. The minimum atomic E-state index is -0.600. The number of likely N-dealkylation sites (N-methyl/N-ethyl adjacent to an activating group) is 1. The summed E-state index contributed by atoms with van der Waals surface area (Å²) in [6.45, 7) is 4.00. The van der Waals surface area contributed by atoms with Crippen LogP contribution in [0.5, 0.6) is 5.75 Å². The Morgan fingerprint density at radius 3 is 2.85 bits per heavy atom. The van der Waals surface area contributed by atoms with Crippen molar-refractivity contribution in [3.05, 3.63) is 53.2 Å². The molecule has 2 aromatic rings. The molecule has 1 aliphatic rings. The summed E-state index contributed by atoms with van der Waals surface area (Å²) in [7, 11) is 1.73. The van der Waals surface area contributed by atoms with Crippen molar-refractivity contribution in [1.29, 1.82) is 0 Å². The van der Waals surface area contributed by atoms with Crippen molar-refractivity contribution in [2.45, 2.75) is 20.0 Å². The third-order valence-electron chi connectivity index (χ3n) is 3.59. The number of pyridine rings is 1. The van der Waals surface area contributed by atoms with Crippen LogP contribution in [0.15, 0.2) is 36.5 Å². The number of nitrogens with zero attached hydrogens (tertiary/aromatic N) is 2. The van der Waals surface area contributed by atoms with Crippen LogP contribution in [0.3, 0.4) is 0 Å². The molecule has 1 unspecified atom stereocenters. The second-order valence-electron chi connectivity index (χ2n) is 5.08. The third kappa shape index (κ3) is 1.93. The van der Waals surface area contributed by atoms with E-state index in [0.717, 1.165) is 16.7 Å². The van der Waals surface area contributed by atoms with Crippen LogP contribution >= 0.6 is 0 Å². The number of amides is 1. The summed E-state index contributed by atoms with van der Waals surface area (Å²) in [5.41, 5.74) is 3.08. The SMILES string of the molecule is Cc1ccc(C)c(C2Oc3cccnc3N(C)C2=O)c1. The maximum absolute atomic E-state index is 12.5. The van der Waals surface area contributed by atoms with Crippen molar-refractivity contribution < 1.29 is 9.53 Å². The van der Waals surface area contributed by atoms with Crippen LogP contribution in [0.1, 0.15) is 22.8 Å². The lowest BCUT2D eigenvalue weighted by molar-refractivity contribution is -0.126. The molecule has 1 aromatic heterocycles. The summed E-state index contributed by atoms with van der Waals surface area (Å²) in [5.74, 6) is 1.12. The molecule has 2 heterocycles. The van der Waals surface area contributed by atoms with Gasteiger partial charge in [0.25, 0.3) is 5.91 Å². The van der Waals surface area contributed by atoms with E-state index in [2.05, 4.69) is 4.98 Å². The van der Waals surface area contributed by atoms with Gasteiger partial charge in [-0.2, -0.15) is 0 Å². The van der Waals surface area contributed by atoms with Gasteiger partial charge in [0.1, 0.15) is 0 Å². The molecule has 0 saturated heterocycles.